The predicted octanol–water partition coefficient (Wildman–Crippen LogP) is 3.82. The van der Waals surface area contributed by atoms with Gasteiger partial charge in [-0.1, -0.05) is 35.4 Å². The van der Waals surface area contributed by atoms with Gasteiger partial charge in [-0.05, 0) is 56.7 Å². The van der Waals surface area contributed by atoms with Crippen molar-refractivity contribution in [1.82, 2.24) is 5.32 Å². The molecule has 0 heterocycles. The highest BCUT2D eigenvalue weighted by molar-refractivity contribution is 6.30. The van der Waals surface area contributed by atoms with E-state index in [1.807, 2.05) is 0 Å². The van der Waals surface area contributed by atoms with Crippen LogP contribution in [0.15, 0.2) is 35.9 Å². The van der Waals surface area contributed by atoms with E-state index in [2.05, 4.69) is 11.4 Å². The number of halogens is 1. The molecular formula is C19H24ClNO3. The monoisotopic (exact) mass is 349 g/mol. The maximum Gasteiger partial charge on any atom is 0.311 e. The number of carbonyl (C=O) groups is 2. The van der Waals surface area contributed by atoms with Crippen molar-refractivity contribution in [3.05, 3.63) is 46.5 Å². The smallest absolute Gasteiger partial charge is 0.311 e. The van der Waals surface area contributed by atoms with E-state index in [9.17, 15) is 9.59 Å². The summed E-state index contributed by atoms with van der Waals surface area (Å²) < 4.78 is 5.19. The van der Waals surface area contributed by atoms with Crippen LogP contribution in [0, 0.1) is 0 Å². The Morgan fingerprint density at radius 2 is 2.00 bits per heavy atom. The van der Waals surface area contributed by atoms with Crippen molar-refractivity contribution in [1.29, 1.82) is 0 Å². The second kappa shape index (κ2) is 9.48. The van der Waals surface area contributed by atoms with Crippen molar-refractivity contribution in [2.45, 2.75) is 51.6 Å². The first-order valence-corrected chi connectivity index (χ1v) is 8.82. The van der Waals surface area contributed by atoms with Gasteiger partial charge in [-0.3, -0.25) is 9.59 Å². The van der Waals surface area contributed by atoms with Crippen LogP contribution in [0.25, 0.3) is 0 Å². The summed E-state index contributed by atoms with van der Waals surface area (Å²) in [7, 11) is 0. The van der Waals surface area contributed by atoms with E-state index < -0.39 is 12.1 Å². The van der Waals surface area contributed by atoms with Gasteiger partial charge in [-0.15, -0.1) is 0 Å². The van der Waals surface area contributed by atoms with Gasteiger partial charge in [0.05, 0.1) is 6.42 Å². The lowest BCUT2D eigenvalue weighted by atomic mass is 9.97. The fourth-order valence-electron chi connectivity index (χ4n) is 2.68. The number of rotatable bonds is 7. The molecule has 1 amide bonds. The Morgan fingerprint density at radius 1 is 1.25 bits per heavy atom. The van der Waals surface area contributed by atoms with Gasteiger partial charge in [0.15, 0.2) is 6.10 Å². The molecule has 1 aromatic carbocycles. The Morgan fingerprint density at radius 3 is 2.67 bits per heavy atom. The quantitative estimate of drug-likeness (QED) is 0.601. The highest BCUT2D eigenvalue weighted by atomic mass is 35.5. The Balaban J connectivity index is 1.69. The molecule has 0 saturated carbocycles. The second-order valence-electron chi connectivity index (χ2n) is 6.08. The van der Waals surface area contributed by atoms with Crippen molar-refractivity contribution in [2.24, 2.45) is 0 Å². The number of allylic oxidation sites excluding steroid dienone is 1. The van der Waals surface area contributed by atoms with Gasteiger partial charge in [-0.2, -0.15) is 0 Å². The molecule has 0 bridgehead atoms. The Hall–Kier alpha value is -1.81. The fourth-order valence-corrected chi connectivity index (χ4v) is 2.81. The van der Waals surface area contributed by atoms with E-state index >= 15 is 0 Å². The summed E-state index contributed by atoms with van der Waals surface area (Å²) in [5.74, 6) is -0.675. The van der Waals surface area contributed by atoms with E-state index in [0.29, 0.717) is 11.6 Å². The van der Waals surface area contributed by atoms with Crippen LogP contribution in [0.5, 0.6) is 0 Å². The number of carbonyl (C=O) groups excluding carboxylic acids is 2. The summed E-state index contributed by atoms with van der Waals surface area (Å²) in [4.78, 5) is 23.9. The summed E-state index contributed by atoms with van der Waals surface area (Å²) in [6.45, 7) is 2.18. The van der Waals surface area contributed by atoms with E-state index in [0.717, 1.165) is 24.8 Å². The molecule has 1 aliphatic rings. The standard InChI is InChI=1S/C19H24ClNO3/c1-14(19(23)21-12-11-15-5-3-2-4-6-15)24-18(22)13-16-7-9-17(20)10-8-16/h5,7-10,14H,2-4,6,11-13H2,1H3,(H,21,23)/t14-/m0/s1. The van der Waals surface area contributed by atoms with Crippen LogP contribution >= 0.6 is 11.6 Å². The molecule has 0 aromatic heterocycles. The van der Waals surface area contributed by atoms with Crippen molar-refractivity contribution >= 4 is 23.5 Å². The second-order valence-corrected chi connectivity index (χ2v) is 6.52. The minimum Gasteiger partial charge on any atom is -0.452 e. The summed E-state index contributed by atoms with van der Waals surface area (Å²) in [6.07, 6.45) is 7.24. The summed E-state index contributed by atoms with van der Waals surface area (Å²) >= 11 is 5.81. The highest BCUT2D eigenvalue weighted by Crippen LogP contribution is 2.19. The third-order valence-electron chi connectivity index (χ3n) is 4.07. The number of nitrogens with one attached hydrogen (secondary N) is 1. The molecule has 24 heavy (non-hydrogen) atoms. The van der Waals surface area contributed by atoms with E-state index in [-0.39, 0.29) is 12.3 Å². The van der Waals surface area contributed by atoms with Crippen LogP contribution in [0.3, 0.4) is 0 Å². The topological polar surface area (TPSA) is 55.4 Å². The predicted molar refractivity (Wildman–Crippen MR) is 94.9 cm³/mol. The lowest BCUT2D eigenvalue weighted by Crippen LogP contribution is -2.36. The van der Waals surface area contributed by atoms with E-state index in [1.54, 1.807) is 31.2 Å². The summed E-state index contributed by atoms with van der Waals surface area (Å²) in [5, 5.41) is 3.45. The van der Waals surface area contributed by atoms with Crippen LogP contribution in [-0.4, -0.2) is 24.5 Å². The molecule has 0 unspecified atom stereocenters. The normalized spacial score (nSPS) is 15.3. The molecule has 2 rings (SSSR count). The van der Waals surface area contributed by atoms with E-state index in [1.165, 1.54) is 18.4 Å². The first-order chi connectivity index (χ1) is 11.5. The molecule has 5 heteroatoms. The number of hydrogen-bond donors (Lipinski definition) is 1. The highest BCUT2D eigenvalue weighted by Gasteiger charge is 2.17. The largest absolute Gasteiger partial charge is 0.452 e. The van der Waals surface area contributed by atoms with Gasteiger partial charge in [0.1, 0.15) is 0 Å². The molecule has 1 aromatic rings. The molecule has 0 spiro atoms. The van der Waals surface area contributed by atoms with Crippen LogP contribution in [-0.2, 0) is 20.7 Å². The van der Waals surface area contributed by atoms with Crippen molar-refractivity contribution in [2.75, 3.05) is 6.54 Å². The van der Waals surface area contributed by atoms with Crippen molar-refractivity contribution in [3.63, 3.8) is 0 Å². The minimum absolute atomic E-state index is 0.127. The van der Waals surface area contributed by atoms with Crippen LogP contribution in [0.1, 0.15) is 44.6 Å². The lowest BCUT2D eigenvalue weighted by molar-refractivity contribution is -0.154. The molecule has 130 valence electrons. The van der Waals surface area contributed by atoms with Gasteiger partial charge in [-0.25, -0.2) is 0 Å². The summed E-state index contributed by atoms with van der Waals surface area (Å²) in [6, 6.07) is 6.99. The summed E-state index contributed by atoms with van der Waals surface area (Å²) in [5.41, 5.74) is 2.22. The average Bonchev–Trinajstić information content (AvgIpc) is 2.57. The Labute approximate surface area is 148 Å². The average molecular weight is 350 g/mol. The molecule has 0 saturated heterocycles. The maximum absolute atomic E-state index is 12.0. The molecule has 0 radical (unpaired) electrons. The molecule has 1 aliphatic carbocycles. The van der Waals surface area contributed by atoms with Gasteiger partial charge in [0, 0.05) is 11.6 Å². The lowest BCUT2D eigenvalue weighted by Gasteiger charge is -2.15. The van der Waals surface area contributed by atoms with Gasteiger partial charge >= 0.3 is 5.97 Å². The van der Waals surface area contributed by atoms with Gasteiger partial charge in [0.25, 0.3) is 5.91 Å². The fraction of sp³-hybridized carbons (Fsp3) is 0.474. The third kappa shape index (κ3) is 6.36. The number of ether oxygens (including phenoxy) is 1. The Kier molecular flexibility index (Phi) is 7.32. The molecule has 0 aliphatic heterocycles. The van der Waals surface area contributed by atoms with Crippen molar-refractivity contribution in [3.8, 4) is 0 Å². The maximum atomic E-state index is 12.0. The number of amides is 1. The SMILES string of the molecule is C[C@H](OC(=O)Cc1ccc(Cl)cc1)C(=O)NCCC1=CCCCC1. The first kappa shape index (κ1) is 18.5. The zero-order valence-corrected chi connectivity index (χ0v) is 14.8. The van der Waals surface area contributed by atoms with Crippen LogP contribution < -0.4 is 5.32 Å². The molecule has 1 atom stereocenters. The number of esters is 1. The van der Waals surface area contributed by atoms with Crippen molar-refractivity contribution < 1.29 is 14.3 Å². The zero-order valence-electron chi connectivity index (χ0n) is 14.0. The molecule has 0 fully saturated rings. The number of benzene rings is 1. The molecule has 4 nitrogen and oxygen atoms in total. The van der Waals surface area contributed by atoms with Crippen LogP contribution in [0.4, 0.5) is 0 Å². The third-order valence-corrected chi connectivity index (χ3v) is 4.32. The Bertz CT molecular complexity index is 595. The van der Waals surface area contributed by atoms with Gasteiger partial charge < -0.3 is 10.1 Å². The molecule has 1 N–H and O–H groups in total. The van der Waals surface area contributed by atoms with Gasteiger partial charge in [0.2, 0.25) is 0 Å². The first-order valence-electron chi connectivity index (χ1n) is 8.44. The molecular weight excluding hydrogens is 326 g/mol. The van der Waals surface area contributed by atoms with E-state index in [4.69, 9.17) is 16.3 Å². The number of hydrogen-bond acceptors (Lipinski definition) is 3. The van der Waals surface area contributed by atoms with Crippen LogP contribution in [0.2, 0.25) is 5.02 Å². The minimum atomic E-state index is -0.787. The zero-order chi connectivity index (χ0) is 17.4.